The lowest BCUT2D eigenvalue weighted by Crippen LogP contribution is -2.44. The van der Waals surface area contributed by atoms with Gasteiger partial charge in [-0.1, -0.05) is 13.0 Å². The Hall–Kier alpha value is -2.35. The lowest BCUT2D eigenvalue weighted by molar-refractivity contribution is -0.123. The van der Waals surface area contributed by atoms with Crippen molar-refractivity contribution in [1.82, 2.24) is 15.5 Å². The standard InChI is InChI=1S/C21H34FN5O2/c1-3-18(29-19-9-4-8-17(22)13-19)14-26-21(24-2)25-10-6-12-27-11-5-7-16(15-27)20(23)28/h4,8-9,13,16,18H,3,5-7,10-12,14-15H2,1-2H3,(H2,23,28)(H2,24,25,26). The van der Waals surface area contributed by atoms with Crippen molar-refractivity contribution >= 4 is 11.9 Å². The fourth-order valence-corrected chi connectivity index (χ4v) is 3.43. The maximum atomic E-state index is 13.3. The van der Waals surface area contributed by atoms with Crippen LogP contribution in [-0.2, 0) is 4.79 Å². The minimum Gasteiger partial charge on any atom is -0.489 e. The fourth-order valence-electron chi connectivity index (χ4n) is 3.43. The molecule has 8 heteroatoms. The number of carbonyl (C=O) groups excluding carboxylic acids is 1. The molecule has 4 N–H and O–H groups in total. The summed E-state index contributed by atoms with van der Waals surface area (Å²) in [6.45, 7) is 6.08. The molecule has 2 atom stereocenters. The number of carbonyl (C=O) groups is 1. The van der Waals surface area contributed by atoms with Gasteiger partial charge >= 0.3 is 0 Å². The Balaban J connectivity index is 1.67. The van der Waals surface area contributed by atoms with Gasteiger partial charge in [0.2, 0.25) is 5.91 Å². The number of nitrogens with two attached hydrogens (primary N) is 1. The normalized spacial score (nSPS) is 18.9. The lowest BCUT2D eigenvalue weighted by Gasteiger charge is -2.31. The first-order valence-electron chi connectivity index (χ1n) is 10.4. The number of likely N-dealkylation sites (tertiary alicyclic amines) is 1. The van der Waals surface area contributed by atoms with Crippen molar-refractivity contribution in [2.75, 3.05) is 39.8 Å². The third-order valence-electron chi connectivity index (χ3n) is 5.13. The molecular formula is C21H34FN5O2. The van der Waals surface area contributed by atoms with Crippen molar-refractivity contribution in [1.29, 1.82) is 0 Å². The van der Waals surface area contributed by atoms with Gasteiger partial charge in [0.25, 0.3) is 0 Å². The minimum atomic E-state index is -0.307. The summed E-state index contributed by atoms with van der Waals surface area (Å²) in [6.07, 6.45) is 3.57. The van der Waals surface area contributed by atoms with Crippen molar-refractivity contribution in [3.63, 3.8) is 0 Å². The molecule has 1 aromatic rings. The van der Waals surface area contributed by atoms with Crippen molar-refractivity contribution in [2.24, 2.45) is 16.6 Å². The van der Waals surface area contributed by atoms with Gasteiger partial charge in [-0.3, -0.25) is 9.79 Å². The summed E-state index contributed by atoms with van der Waals surface area (Å²) in [5, 5.41) is 6.56. The zero-order valence-electron chi connectivity index (χ0n) is 17.5. The molecule has 0 aromatic heterocycles. The third kappa shape index (κ3) is 8.27. The third-order valence-corrected chi connectivity index (χ3v) is 5.13. The monoisotopic (exact) mass is 407 g/mol. The Bertz CT molecular complexity index is 670. The second-order valence-corrected chi connectivity index (χ2v) is 7.38. The van der Waals surface area contributed by atoms with E-state index in [4.69, 9.17) is 10.5 Å². The summed E-state index contributed by atoms with van der Waals surface area (Å²) in [4.78, 5) is 17.9. The second kappa shape index (κ2) is 12.3. The Morgan fingerprint density at radius 3 is 2.97 bits per heavy atom. The molecule has 2 rings (SSSR count). The molecule has 1 aliphatic rings. The number of ether oxygens (including phenoxy) is 1. The molecule has 1 amide bonds. The quantitative estimate of drug-likeness (QED) is 0.312. The van der Waals surface area contributed by atoms with Gasteiger partial charge in [0.1, 0.15) is 17.7 Å². The van der Waals surface area contributed by atoms with Crippen LogP contribution in [0.3, 0.4) is 0 Å². The van der Waals surface area contributed by atoms with E-state index in [2.05, 4.69) is 20.5 Å². The zero-order valence-corrected chi connectivity index (χ0v) is 17.5. The molecule has 0 bridgehead atoms. The predicted molar refractivity (Wildman–Crippen MR) is 113 cm³/mol. The van der Waals surface area contributed by atoms with Gasteiger partial charge in [0.05, 0.1) is 12.5 Å². The molecule has 0 saturated carbocycles. The highest BCUT2D eigenvalue weighted by Gasteiger charge is 2.23. The summed E-state index contributed by atoms with van der Waals surface area (Å²) in [5.74, 6) is 0.717. The molecule has 1 fully saturated rings. The number of halogens is 1. The number of piperidine rings is 1. The average molecular weight is 408 g/mol. The number of primary amides is 1. The van der Waals surface area contributed by atoms with Gasteiger partial charge in [0.15, 0.2) is 5.96 Å². The van der Waals surface area contributed by atoms with Crippen LogP contribution in [0, 0.1) is 11.7 Å². The highest BCUT2D eigenvalue weighted by Crippen LogP contribution is 2.16. The van der Waals surface area contributed by atoms with Crippen LogP contribution >= 0.6 is 0 Å². The van der Waals surface area contributed by atoms with Crippen LogP contribution in [0.25, 0.3) is 0 Å². The molecule has 1 aromatic carbocycles. The molecule has 162 valence electrons. The first-order chi connectivity index (χ1) is 14.0. The molecular weight excluding hydrogens is 373 g/mol. The lowest BCUT2D eigenvalue weighted by atomic mass is 9.97. The van der Waals surface area contributed by atoms with Crippen LogP contribution in [0.15, 0.2) is 29.3 Å². The van der Waals surface area contributed by atoms with Crippen LogP contribution in [0.2, 0.25) is 0 Å². The van der Waals surface area contributed by atoms with Crippen molar-refractivity contribution in [2.45, 2.75) is 38.7 Å². The maximum absolute atomic E-state index is 13.3. The second-order valence-electron chi connectivity index (χ2n) is 7.38. The van der Waals surface area contributed by atoms with Crippen molar-refractivity contribution in [3.05, 3.63) is 30.1 Å². The van der Waals surface area contributed by atoms with Gasteiger partial charge in [-0.2, -0.15) is 0 Å². The average Bonchev–Trinajstić information content (AvgIpc) is 2.72. The van der Waals surface area contributed by atoms with Crippen molar-refractivity contribution in [3.8, 4) is 5.75 Å². The molecule has 0 radical (unpaired) electrons. The molecule has 1 aliphatic heterocycles. The number of hydrogen-bond donors (Lipinski definition) is 3. The minimum absolute atomic E-state index is 0.0183. The summed E-state index contributed by atoms with van der Waals surface area (Å²) in [7, 11) is 1.73. The molecule has 1 saturated heterocycles. The highest BCUT2D eigenvalue weighted by atomic mass is 19.1. The Labute approximate surface area is 172 Å². The van der Waals surface area contributed by atoms with Crippen LogP contribution in [0.1, 0.15) is 32.6 Å². The maximum Gasteiger partial charge on any atom is 0.221 e. The van der Waals surface area contributed by atoms with E-state index in [1.54, 1.807) is 19.2 Å². The van der Waals surface area contributed by atoms with E-state index in [0.717, 1.165) is 51.9 Å². The number of benzene rings is 1. The van der Waals surface area contributed by atoms with E-state index in [0.29, 0.717) is 18.3 Å². The van der Waals surface area contributed by atoms with E-state index in [1.165, 1.54) is 12.1 Å². The Kier molecular flexibility index (Phi) is 9.70. The van der Waals surface area contributed by atoms with E-state index in [-0.39, 0.29) is 23.7 Å². The number of nitrogens with zero attached hydrogens (tertiary/aromatic N) is 2. The van der Waals surface area contributed by atoms with E-state index < -0.39 is 0 Å². The van der Waals surface area contributed by atoms with Crippen LogP contribution in [0.4, 0.5) is 4.39 Å². The molecule has 0 aliphatic carbocycles. The zero-order chi connectivity index (χ0) is 21.1. The summed E-state index contributed by atoms with van der Waals surface area (Å²) in [5.41, 5.74) is 5.44. The van der Waals surface area contributed by atoms with Gasteiger partial charge in [-0.15, -0.1) is 0 Å². The summed E-state index contributed by atoms with van der Waals surface area (Å²) >= 11 is 0. The SMILES string of the molecule is CCC(CNC(=NC)NCCCN1CCCC(C(N)=O)C1)Oc1cccc(F)c1. The number of rotatable bonds is 10. The Morgan fingerprint density at radius 2 is 2.28 bits per heavy atom. The number of amides is 1. The van der Waals surface area contributed by atoms with Gasteiger partial charge < -0.3 is 26.0 Å². The number of nitrogens with one attached hydrogen (secondary N) is 2. The van der Waals surface area contributed by atoms with Crippen molar-refractivity contribution < 1.29 is 13.9 Å². The molecule has 0 spiro atoms. The van der Waals surface area contributed by atoms with E-state index >= 15 is 0 Å². The predicted octanol–water partition coefficient (Wildman–Crippen LogP) is 1.74. The molecule has 1 heterocycles. The number of aliphatic imine (C=N–C) groups is 1. The first-order valence-corrected chi connectivity index (χ1v) is 10.4. The van der Waals surface area contributed by atoms with Crippen LogP contribution < -0.4 is 21.1 Å². The van der Waals surface area contributed by atoms with E-state index in [1.807, 2.05) is 6.92 Å². The largest absolute Gasteiger partial charge is 0.489 e. The van der Waals surface area contributed by atoms with E-state index in [9.17, 15) is 9.18 Å². The molecule has 7 nitrogen and oxygen atoms in total. The number of hydrogen-bond acceptors (Lipinski definition) is 4. The smallest absolute Gasteiger partial charge is 0.221 e. The fraction of sp³-hybridized carbons (Fsp3) is 0.619. The Morgan fingerprint density at radius 1 is 1.45 bits per heavy atom. The summed E-state index contributed by atoms with van der Waals surface area (Å²) in [6, 6.07) is 6.18. The number of guanidine groups is 1. The van der Waals surface area contributed by atoms with Crippen LogP contribution in [-0.4, -0.2) is 62.6 Å². The van der Waals surface area contributed by atoms with Gasteiger partial charge in [-0.25, -0.2) is 4.39 Å². The first kappa shape index (κ1) is 22.9. The molecule has 29 heavy (non-hydrogen) atoms. The summed E-state index contributed by atoms with van der Waals surface area (Å²) < 4.78 is 19.2. The van der Waals surface area contributed by atoms with Gasteiger partial charge in [-0.05, 0) is 50.9 Å². The molecule has 2 unspecified atom stereocenters. The topological polar surface area (TPSA) is 92.0 Å². The van der Waals surface area contributed by atoms with Crippen LogP contribution in [0.5, 0.6) is 5.75 Å². The van der Waals surface area contributed by atoms with Gasteiger partial charge in [0, 0.05) is 26.2 Å². The highest BCUT2D eigenvalue weighted by molar-refractivity contribution is 5.79.